The number of hydrogen-bond donors (Lipinski definition) is 0. The van der Waals surface area contributed by atoms with Crippen molar-refractivity contribution in [3.8, 4) is 11.5 Å². The third kappa shape index (κ3) is 5.76. The lowest BCUT2D eigenvalue weighted by molar-refractivity contribution is 0.0590. The van der Waals surface area contributed by atoms with Gasteiger partial charge in [0.25, 0.3) is 5.56 Å². The van der Waals surface area contributed by atoms with Gasteiger partial charge in [-0.05, 0) is 63.0 Å². The van der Waals surface area contributed by atoms with Crippen molar-refractivity contribution in [2.45, 2.75) is 46.2 Å². The van der Waals surface area contributed by atoms with Crippen LogP contribution in [0.25, 0.3) is 0 Å². The minimum Gasteiger partial charge on any atom is -0.496 e. The first kappa shape index (κ1) is 26.2. The van der Waals surface area contributed by atoms with E-state index in [2.05, 4.69) is 42.8 Å². The predicted molar refractivity (Wildman–Crippen MR) is 139 cm³/mol. The molecule has 4 rings (SSSR count). The lowest BCUT2D eigenvalue weighted by Crippen LogP contribution is -2.35. The van der Waals surface area contributed by atoms with Gasteiger partial charge in [0.1, 0.15) is 17.1 Å². The molecule has 2 aliphatic heterocycles. The molecule has 0 aliphatic carbocycles. The van der Waals surface area contributed by atoms with Crippen molar-refractivity contribution in [3.05, 3.63) is 56.5 Å². The number of carbonyl (C=O) groups is 1. The fourth-order valence-corrected chi connectivity index (χ4v) is 5.48. The summed E-state index contributed by atoms with van der Waals surface area (Å²) in [4.78, 5) is 30.7. The van der Waals surface area contributed by atoms with Crippen LogP contribution < -0.4 is 15.0 Å². The molecule has 1 aromatic carbocycles. The SMILES string of the molecule is COC(=O)c1c(OC[C@H]2CCCN(C)C2)cc(=O)n2c1CCN(Cc1cc(C)c(OC)cc1C)CC2. The van der Waals surface area contributed by atoms with Crippen LogP contribution in [-0.4, -0.2) is 74.4 Å². The van der Waals surface area contributed by atoms with Crippen LogP contribution in [0.2, 0.25) is 0 Å². The van der Waals surface area contributed by atoms with E-state index < -0.39 is 5.97 Å². The van der Waals surface area contributed by atoms with Crippen molar-refractivity contribution in [2.24, 2.45) is 5.92 Å². The number of ether oxygens (including phenoxy) is 3. The maximum Gasteiger partial charge on any atom is 0.343 e. The molecule has 36 heavy (non-hydrogen) atoms. The third-order valence-corrected chi connectivity index (χ3v) is 7.52. The minimum absolute atomic E-state index is 0.133. The molecule has 0 saturated carbocycles. The van der Waals surface area contributed by atoms with E-state index in [1.165, 1.54) is 24.3 Å². The summed E-state index contributed by atoms with van der Waals surface area (Å²) in [7, 11) is 5.18. The molecular weight excluding hydrogens is 458 g/mol. The number of likely N-dealkylation sites (tertiary alicyclic amines) is 1. The maximum absolute atomic E-state index is 13.1. The predicted octanol–water partition coefficient (Wildman–Crippen LogP) is 3.04. The molecule has 2 aromatic rings. The number of carbonyl (C=O) groups excluding carboxylic acids is 1. The number of piperidine rings is 1. The molecule has 0 amide bonds. The van der Waals surface area contributed by atoms with Crippen LogP contribution in [-0.2, 0) is 24.2 Å². The summed E-state index contributed by atoms with van der Waals surface area (Å²) in [5.41, 5.74) is 4.48. The molecule has 1 aromatic heterocycles. The zero-order valence-corrected chi connectivity index (χ0v) is 22.3. The van der Waals surface area contributed by atoms with Crippen molar-refractivity contribution in [1.29, 1.82) is 0 Å². The van der Waals surface area contributed by atoms with Crippen molar-refractivity contribution in [2.75, 3.05) is 54.1 Å². The summed E-state index contributed by atoms with van der Waals surface area (Å²) in [5, 5.41) is 0. The van der Waals surface area contributed by atoms with Crippen LogP contribution in [0.3, 0.4) is 0 Å². The largest absolute Gasteiger partial charge is 0.496 e. The highest BCUT2D eigenvalue weighted by Crippen LogP contribution is 2.27. The molecule has 0 radical (unpaired) electrons. The average molecular weight is 498 g/mol. The molecule has 0 bridgehead atoms. The third-order valence-electron chi connectivity index (χ3n) is 7.52. The van der Waals surface area contributed by atoms with E-state index in [1.54, 1.807) is 11.7 Å². The Morgan fingerprint density at radius 3 is 2.56 bits per heavy atom. The first-order valence-electron chi connectivity index (χ1n) is 12.8. The van der Waals surface area contributed by atoms with Gasteiger partial charge in [0.2, 0.25) is 0 Å². The molecule has 0 spiro atoms. The van der Waals surface area contributed by atoms with E-state index in [9.17, 15) is 9.59 Å². The molecule has 1 atom stereocenters. The zero-order chi connectivity index (χ0) is 25.8. The van der Waals surface area contributed by atoms with Crippen LogP contribution in [0.1, 0.15) is 45.6 Å². The fraction of sp³-hybridized carbons (Fsp3) is 0.571. The molecular formula is C28H39N3O5. The summed E-state index contributed by atoms with van der Waals surface area (Å²) in [6.45, 7) is 9.40. The number of pyridine rings is 1. The molecule has 196 valence electrons. The molecule has 0 unspecified atom stereocenters. The smallest absolute Gasteiger partial charge is 0.343 e. The topological polar surface area (TPSA) is 73.2 Å². The van der Waals surface area contributed by atoms with E-state index in [1.807, 2.05) is 0 Å². The number of esters is 1. The monoisotopic (exact) mass is 497 g/mol. The highest BCUT2D eigenvalue weighted by Gasteiger charge is 2.27. The van der Waals surface area contributed by atoms with Gasteiger partial charge < -0.3 is 23.7 Å². The van der Waals surface area contributed by atoms with Gasteiger partial charge in [-0.3, -0.25) is 9.69 Å². The maximum atomic E-state index is 13.1. The van der Waals surface area contributed by atoms with Crippen molar-refractivity contribution >= 4 is 5.97 Å². The fourth-order valence-electron chi connectivity index (χ4n) is 5.48. The molecule has 0 N–H and O–H groups in total. The Hall–Kier alpha value is -2.84. The molecule has 8 heteroatoms. The lowest BCUT2D eigenvalue weighted by Gasteiger charge is -2.29. The minimum atomic E-state index is -0.454. The second-order valence-corrected chi connectivity index (χ2v) is 10.2. The Balaban J connectivity index is 1.56. The number of fused-ring (bicyclic) bond motifs is 1. The van der Waals surface area contributed by atoms with Crippen LogP contribution in [0, 0.1) is 19.8 Å². The quantitative estimate of drug-likeness (QED) is 0.545. The van der Waals surface area contributed by atoms with Gasteiger partial charge in [-0.2, -0.15) is 0 Å². The van der Waals surface area contributed by atoms with E-state index >= 15 is 0 Å². The Bertz CT molecular complexity index is 1160. The molecule has 1 saturated heterocycles. The van der Waals surface area contributed by atoms with Crippen LogP contribution in [0.5, 0.6) is 11.5 Å². The van der Waals surface area contributed by atoms with Gasteiger partial charge in [0.05, 0.1) is 20.8 Å². The highest BCUT2D eigenvalue weighted by molar-refractivity contribution is 5.93. The van der Waals surface area contributed by atoms with Gasteiger partial charge in [-0.15, -0.1) is 0 Å². The summed E-state index contributed by atoms with van der Waals surface area (Å²) >= 11 is 0. The van der Waals surface area contributed by atoms with Gasteiger partial charge in [0, 0.05) is 56.8 Å². The van der Waals surface area contributed by atoms with Gasteiger partial charge in [-0.25, -0.2) is 4.79 Å². The number of hydrogen-bond acceptors (Lipinski definition) is 7. The Morgan fingerprint density at radius 1 is 1.03 bits per heavy atom. The number of benzene rings is 1. The molecule has 3 heterocycles. The summed E-state index contributed by atoms with van der Waals surface area (Å²) in [6, 6.07) is 5.71. The second kappa shape index (κ2) is 11.5. The standard InChI is InChI=1S/C28H39N3O5/c1-19-14-24(34-4)20(2)13-22(19)17-30-10-8-23-27(28(33)35-5)25(15-26(32)31(23)12-11-30)36-18-21-7-6-9-29(3)16-21/h13-15,21H,6-12,16-18H2,1-5H3/t21-/m0/s1. The normalized spacial score (nSPS) is 18.9. The van der Waals surface area contributed by atoms with E-state index in [4.69, 9.17) is 14.2 Å². The van der Waals surface area contributed by atoms with Crippen molar-refractivity contribution < 1.29 is 19.0 Å². The molecule has 1 fully saturated rings. The summed E-state index contributed by atoms with van der Waals surface area (Å²) in [5.74, 6) is 1.16. The van der Waals surface area contributed by atoms with E-state index in [0.717, 1.165) is 50.3 Å². The second-order valence-electron chi connectivity index (χ2n) is 10.2. The first-order chi connectivity index (χ1) is 17.3. The Kier molecular flexibility index (Phi) is 8.36. The number of aromatic nitrogens is 1. The van der Waals surface area contributed by atoms with Gasteiger partial charge in [0.15, 0.2) is 0 Å². The highest BCUT2D eigenvalue weighted by atomic mass is 16.5. The van der Waals surface area contributed by atoms with Crippen LogP contribution >= 0.6 is 0 Å². The first-order valence-corrected chi connectivity index (χ1v) is 12.8. The number of aryl methyl sites for hydroxylation is 2. The Labute approximate surface area is 213 Å². The van der Waals surface area contributed by atoms with Crippen molar-refractivity contribution in [1.82, 2.24) is 14.4 Å². The number of rotatable bonds is 7. The molecule has 2 aliphatic rings. The summed E-state index contributed by atoms with van der Waals surface area (Å²) in [6.07, 6.45) is 2.78. The Morgan fingerprint density at radius 2 is 1.83 bits per heavy atom. The summed E-state index contributed by atoms with van der Waals surface area (Å²) < 4.78 is 18.5. The van der Waals surface area contributed by atoms with Crippen molar-refractivity contribution in [3.63, 3.8) is 0 Å². The zero-order valence-electron chi connectivity index (χ0n) is 22.3. The van der Waals surface area contributed by atoms with Crippen LogP contribution in [0.4, 0.5) is 0 Å². The number of methoxy groups -OCH3 is 2. The molecule has 8 nitrogen and oxygen atoms in total. The van der Waals surface area contributed by atoms with Gasteiger partial charge in [-0.1, -0.05) is 6.07 Å². The lowest BCUT2D eigenvalue weighted by atomic mass is 9.99. The van der Waals surface area contributed by atoms with E-state index in [-0.39, 0.29) is 5.56 Å². The van der Waals surface area contributed by atoms with Crippen LogP contribution in [0.15, 0.2) is 23.0 Å². The average Bonchev–Trinajstić information content (AvgIpc) is 3.07. The van der Waals surface area contributed by atoms with E-state index in [0.29, 0.717) is 49.0 Å². The van der Waals surface area contributed by atoms with Gasteiger partial charge >= 0.3 is 5.97 Å². The number of nitrogens with zero attached hydrogens (tertiary/aromatic N) is 3.